The number of halogens is 2. The van der Waals surface area contributed by atoms with Gasteiger partial charge in [0.15, 0.2) is 9.84 Å². The zero-order valence-corrected chi connectivity index (χ0v) is 29.0. The fourth-order valence-corrected chi connectivity index (χ4v) is 6.21. The molecular formula is C30H42B3F2N4O5PS. The van der Waals surface area contributed by atoms with Gasteiger partial charge in [0, 0.05) is 49.1 Å². The van der Waals surface area contributed by atoms with Gasteiger partial charge in [0.05, 0.1) is 54.7 Å². The number of alkyl halides is 2. The van der Waals surface area contributed by atoms with Crippen LogP contribution in [-0.2, 0) is 21.1 Å². The summed E-state index contributed by atoms with van der Waals surface area (Å²) in [4.78, 5) is 2.38. The molecule has 1 aliphatic heterocycles. The second kappa shape index (κ2) is 15.0. The predicted octanol–water partition coefficient (Wildman–Crippen LogP) is 0.749. The Labute approximate surface area is 275 Å². The average molecular weight is 672 g/mol. The monoisotopic (exact) mass is 672 g/mol. The van der Waals surface area contributed by atoms with E-state index in [0.29, 0.717) is 35.8 Å². The first-order chi connectivity index (χ1) is 21.5. The molecular weight excluding hydrogens is 630 g/mol. The van der Waals surface area contributed by atoms with Gasteiger partial charge in [0.2, 0.25) is 0 Å². The van der Waals surface area contributed by atoms with E-state index in [1.165, 1.54) is 23.8 Å². The molecule has 246 valence electrons. The number of sulfone groups is 1. The van der Waals surface area contributed by atoms with Crippen molar-refractivity contribution < 1.29 is 31.8 Å². The quantitative estimate of drug-likeness (QED) is 0.139. The molecule has 2 heterocycles. The van der Waals surface area contributed by atoms with E-state index < -0.39 is 28.1 Å². The molecule has 3 N–H and O–H groups in total. The number of β-amino-alcohol motifs (C(OH)–C–C–N with tert-alkyl or cyclic N) is 1. The van der Waals surface area contributed by atoms with E-state index in [4.69, 9.17) is 9.47 Å². The Kier molecular flexibility index (Phi) is 11.8. The number of rotatable bonds is 13. The van der Waals surface area contributed by atoms with Crippen LogP contribution in [0.3, 0.4) is 0 Å². The molecule has 16 heteroatoms. The zero-order valence-electron chi connectivity index (χ0n) is 27.1. The van der Waals surface area contributed by atoms with Gasteiger partial charge in [0.1, 0.15) is 29.3 Å². The Morgan fingerprint density at radius 1 is 1.15 bits per heavy atom. The van der Waals surface area contributed by atoms with Crippen molar-refractivity contribution in [1.29, 1.82) is 0 Å². The summed E-state index contributed by atoms with van der Waals surface area (Å²) < 4.78 is 64.9. The Morgan fingerprint density at radius 2 is 1.87 bits per heavy atom. The summed E-state index contributed by atoms with van der Waals surface area (Å²) in [5.41, 5.74) is -0.506. The third kappa shape index (κ3) is 10.4. The highest BCUT2D eigenvalue weighted by molar-refractivity contribution is 7.90. The number of benzene rings is 2. The fourth-order valence-electron chi connectivity index (χ4n) is 5.39. The molecule has 46 heavy (non-hydrogen) atoms. The lowest BCUT2D eigenvalue weighted by atomic mass is 9.52. The number of hydrogen-bond acceptors (Lipinski definition) is 8. The number of hydrogen-bond donors (Lipinski definition) is 3. The molecule has 0 radical (unpaired) electrons. The number of methoxy groups -OCH3 is 1. The van der Waals surface area contributed by atoms with Crippen LogP contribution in [0.1, 0.15) is 18.5 Å². The van der Waals surface area contributed by atoms with E-state index in [0.717, 1.165) is 43.3 Å². The molecule has 1 fully saturated rings. The van der Waals surface area contributed by atoms with Crippen molar-refractivity contribution >= 4 is 64.9 Å². The number of aliphatic hydroxyl groups is 1. The van der Waals surface area contributed by atoms with Crippen molar-refractivity contribution in [2.45, 2.75) is 47.4 Å². The summed E-state index contributed by atoms with van der Waals surface area (Å²) in [6.45, 7) is 2.12. The second-order valence-corrected chi connectivity index (χ2v) is 15.6. The smallest absolute Gasteiger partial charge is 0.276 e. The first-order valence-electron chi connectivity index (χ1n) is 15.2. The molecule has 1 saturated heterocycles. The Hall–Kier alpha value is -2.75. The highest BCUT2D eigenvalue weighted by Crippen LogP contribution is 2.33. The van der Waals surface area contributed by atoms with Crippen molar-refractivity contribution in [2.75, 3.05) is 56.8 Å². The molecule has 2 aromatic carbocycles. The summed E-state index contributed by atoms with van der Waals surface area (Å²) >= 11 is 0. The van der Waals surface area contributed by atoms with Gasteiger partial charge in [-0.1, -0.05) is 21.2 Å². The molecule has 0 amide bonds. The van der Waals surface area contributed by atoms with Gasteiger partial charge in [0.25, 0.3) is 5.66 Å². The van der Waals surface area contributed by atoms with Crippen LogP contribution in [0.5, 0.6) is 5.75 Å². The van der Waals surface area contributed by atoms with E-state index in [1.807, 2.05) is 47.8 Å². The minimum atomic E-state index is -3.39. The molecule has 3 aromatic rings. The highest BCUT2D eigenvalue weighted by atomic mass is 32.2. The number of nitrogens with zero attached hydrogens (tertiary/aromatic N) is 2. The third-order valence-electron chi connectivity index (χ3n) is 7.62. The lowest BCUT2D eigenvalue weighted by Gasteiger charge is -2.34. The molecule has 1 aliphatic rings. The van der Waals surface area contributed by atoms with Crippen LogP contribution in [0.2, 0.25) is 0 Å². The van der Waals surface area contributed by atoms with Gasteiger partial charge in [-0.05, 0) is 54.4 Å². The van der Waals surface area contributed by atoms with Crippen molar-refractivity contribution in [3.8, 4) is 17.6 Å². The zero-order chi connectivity index (χ0) is 33.7. The van der Waals surface area contributed by atoms with Gasteiger partial charge in [-0.25, -0.2) is 17.2 Å². The number of fused-ring (bicyclic) bond motifs is 1. The molecule has 0 saturated carbocycles. The minimum absolute atomic E-state index is 0.138. The first kappa shape index (κ1) is 36.1. The Balaban J connectivity index is 1.47. The normalized spacial score (nSPS) is 15.7. The van der Waals surface area contributed by atoms with Crippen molar-refractivity contribution in [1.82, 2.24) is 9.47 Å². The molecule has 2 unspecified atom stereocenters. The molecule has 4 rings (SSSR count). The minimum Gasteiger partial charge on any atom is -0.495 e. The van der Waals surface area contributed by atoms with Crippen LogP contribution < -0.4 is 15.4 Å². The van der Waals surface area contributed by atoms with E-state index in [2.05, 4.69) is 27.4 Å². The largest absolute Gasteiger partial charge is 0.495 e. The molecule has 2 atom stereocenters. The van der Waals surface area contributed by atoms with Crippen molar-refractivity contribution in [3.05, 3.63) is 48.2 Å². The lowest BCUT2D eigenvalue weighted by molar-refractivity contribution is 0.00952. The second-order valence-electron chi connectivity index (χ2n) is 12.7. The van der Waals surface area contributed by atoms with Crippen LogP contribution in [0.25, 0.3) is 10.9 Å². The number of ether oxygens (including phenoxy) is 2. The summed E-state index contributed by atoms with van der Waals surface area (Å²) in [6, 6.07) is 12.2. The Morgan fingerprint density at radius 3 is 2.50 bits per heavy atom. The summed E-state index contributed by atoms with van der Waals surface area (Å²) in [5.74, 6) is 6.41. The maximum atomic E-state index is 14.3. The van der Waals surface area contributed by atoms with E-state index in [1.54, 1.807) is 15.3 Å². The third-order valence-corrected chi connectivity index (χ3v) is 8.92. The maximum absolute atomic E-state index is 14.3. The number of nitrogens with one attached hydrogen (secondary N) is 2. The van der Waals surface area contributed by atoms with Gasteiger partial charge >= 0.3 is 0 Å². The standard InChI is InChI=1S/C30H42B3F2N4O5PS/c1-43-28-16-23(46(2,41)42)8-9-26(28)36-12-4-5-21-15-24-25(6-3-7-27(24)39(21)19-29(34,35)45)37-20-10-13-38(14-11-20)17-22(40)18-44-30(31,32)33/h3,6-9,15-16,20,22,36-37,40H,10-14,17-19,31-33,45H2,1-2H3. The number of piperidine rings is 1. The summed E-state index contributed by atoms with van der Waals surface area (Å²) in [6.07, 6.45) is 2.32. The SMILES string of the molecule is BC(B)(B)OCC(O)CN1CCC(Nc2cccc3c2cc(C#CCNc2ccc(S(C)(=O)=O)cc2OC)n3CC(F)(F)P)CC1. The van der Waals surface area contributed by atoms with Crippen LogP contribution in [0.4, 0.5) is 20.2 Å². The van der Waals surface area contributed by atoms with E-state index >= 15 is 0 Å². The number of anilines is 2. The van der Waals surface area contributed by atoms with Gasteiger partial charge in [-0.2, -0.15) is 0 Å². The summed E-state index contributed by atoms with van der Waals surface area (Å²) in [7, 11) is 5.56. The number of likely N-dealkylation sites (tertiary alicyclic amines) is 1. The maximum Gasteiger partial charge on any atom is 0.276 e. The van der Waals surface area contributed by atoms with Gasteiger partial charge in [-0.15, -0.1) is 0 Å². The van der Waals surface area contributed by atoms with E-state index in [9.17, 15) is 22.3 Å². The number of aliphatic hydroxyl groups excluding tert-OH is 1. The first-order valence-corrected chi connectivity index (χ1v) is 17.7. The van der Waals surface area contributed by atoms with Gasteiger partial charge in [-0.3, -0.25) is 0 Å². The van der Waals surface area contributed by atoms with Crippen LogP contribution in [0, 0.1) is 11.8 Å². The van der Waals surface area contributed by atoms with Crippen LogP contribution in [0.15, 0.2) is 47.4 Å². The highest BCUT2D eigenvalue weighted by Gasteiger charge is 2.26. The molecule has 9 nitrogen and oxygen atoms in total. The van der Waals surface area contributed by atoms with Crippen LogP contribution in [-0.4, -0.2) is 116 Å². The van der Waals surface area contributed by atoms with E-state index in [-0.39, 0.29) is 22.8 Å². The predicted molar refractivity (Wildman–Crippen MR) is 191 cm³/mol. The molecule has 0 bridgehead atoms. The number of aromatic nitrogens is 1. The van der Waals surface area contributed by atoms with Crippen molar-refractivity contribution in [3.63, 3.8) is 0 Å². The summed E-state index contributed by atoms with van der Waals surface area (Å²) in [5, 5.41) is 17.7. The fraction of sp³-hybridized carbons (Fsp3) is 0.467. The van der Waals surface area contributed by atoms with Crippen molar-refractivity contribution in [2.24, 2.45) is 0 Å². The van der Waals surface area contributed by atoms with Gasteiger partial charge < -0.3 is 34.7 Å². The lowest BCUT2D eigenvalue weighted by Crippen LogP contribution is -2.45. The average Bonchev–Trinajstić information content (AvgIpc) is 3.31. The molecule has 0 aliphatic carbocycles. The molecule has 1 aromatic heterocycles. The molecule has 0 spiro atoms. The topological polar surface area (TPSA) is 105 Å². The van der Waals surface area contributed by atoms with Crippen LogP contribution >= 0.6 is 9.24 Å². The Bertz CT molecular complexity index is 1680.